The molecule has 4 nitrogen and oxygen atoms in total. The van der Waals surface area contributed by atoms with Crippen molar-refractivity contribution in [3.05, 3.63) is 35.7 Å². The molecule has 1 aromatic heterocycles. The molecule has 1 aliphatic heterocycles. The molecule has 0 amide bonds. The smallest absolute Gasteiger partial charge is 0.257 e. The molecule has 2 heterocycles. The standard InChI is InChI=1S/C20H26ClN3O/c21-14-16-5-7-17(8-6-16)20-22-19(23-25-20)13-15-9-11-24(12-10-15)18-3-1-2-4-18/h5-8,15,18H,1-4,9-14H2. The van der Waals surface area contributed by atoms with E-state index in [-0.39, 0.29) is 0 Å². The Morgan fingerprint density at radius 2 is 1.76 bits per heavy atom. The summed E-state index contributed by atoms with van der Waals surface area (Å²) in [5, 5.41) is 4.20. The Hall–Kier alpha value is -1.39. The molecule has 0 radical (unpaired) electrons. The molecule has 0 atom stereocenters. The molecule has 4 rings (SSSR count). The summed E-state index contributed by atoms with van der Waals surface area (Å²) in [6.45, 7) is 2.47. The van der Waals surface area contributed by atoms with Crippen LogP contribution in [0.2, 0.25) is 0 Å². The first-order valence-electron chi connectivity index (χ1n) is 9.54. The molecule has 2 aromatic rings. The van der Waals surface area contributed by atoms with Gasteiger partial charge in [0, 0.05) is 23.9 Å². The summed E-state index contributed by atoms with van der Waals surface area (Å²) >= 11 is 5.83. The van der Waals surface area contributed by atoms with E-state index in [1.807, 2.05) is 24.3 Å². The van der Waals surface area contributed by atoms with Gasteiger partial charge in [-0.1, -0.05) is 30.1 Å². The summed E-state index contributed by atoms with van der Waals surface area (Å²) in [5.74, 6) is 2.66. The van der Waals surface area contributed by atoms with Crippen molar-refractivity contribution >= 4 is 11.6 Å². The van der Waals surface area contributed by atoms with E-state index in [9.17, 15) is 0 Å². The zero-order valence-electron chi connectivity index (χ0n) is 14.7. The number of piperidine rings is 1. The molecule has 0 N–H and O–H groups in total. The van der Waals surface area contributed by atoms with Crippen LogP contribution >= 0.6 is 11.6 Å². The molecule has 5 heteroatoms. The molecular weight excluding hydrogens is 334 g/mol. The molecular formula is C20H26ClN3O. The lowest BCUT2D eigenvalue weighted by molar-refractivity contribution is 0.133. The Morgan fingerprint density at radius 1 is 1.04 bits per heavy atom. The number of aromatic nitrogens is 2. The predicted octanol–water partition coefficient (Wildman–Crippen LogP) is 4.67. The van der Waals surface area contributed by atoms with Crippen molar-refractivity contribution < 1.29 is 4.52 Å². The second-order valence-corrected chi connectivity index (χ2v) is 7.74. The third kappa shape index (κ3) is 4.06. The van der Waals surface area contributed by atoms with Crippen LogP contribution in [-0.2, 0) is 12.3 Å². The summed E-state index contributed by atoms with van der Waals surface area (Å²) in [4.78, 5) is 7.31. The van der Waals surface area contributed by atoms with Crippen LogP contribution in [0.4, 0.5) is 0 Å². The van der Waals surface area contributed by atoms with Gasteiger partial charge in [-0.2, -0.15) is 4.98 Å². The zero-order valence-corrected chi connectivity index (χ0v) is 15.4. The minimum Gasteiger partial charge on any atom is -0.334 e. The molecule has 1 saturated carbocycles. The average molecular weight is 360 g/mol. The van der Waals surface area contributed by atoms with E-state index >= 15 is 0 Å². The zero-order chi connectivity index (χ0) is 17.1. The van der Waals surface area contributed by atoms with Crippen molar-refractivity contribution in [2.45, 2.75) is 56.9 Å². The Labute approximate surface area is 154 Å². The van der Waals surface area contributed by atoms with E-state index in [0.717, 1.165) is 29.4 Å². The number of halogens is 1. The first-order chi connectivity index (χ1) is 12.3. The molecule has 2 aliphatic rings. The Bertz CT molecular complexity index is 671. The average Bonchev–Trinajstić information content (AvgIpc) is 3.35. The molecule has 0 bridgehead atoms. The Morgan fingerprint density at radius 3 is 2.44 bits per heavy atom. The summed E-state index contributed by atoms with van der Waals surface area (Å²) in [6.07, 6.45) is 9.09. The van der Waals surface area contributed by atoms with Crippen LogP contribution in [0.5, 0.6) is 0 Å². The Kier molecular flexibility index (Phi) is 5.37. The van der Waals surface area contributed by atoms with Crippen molar-refractivity contribution in [1.29, 1.82) is 0 Å². The fourth-order valence-corrected chi connectivity index (χ4v) is 4.42. The highest BCUT2D eigenvalue weighted by Crippen LogP contribution is 2.29. The largest absolute Gasteiger partial charge is 0.334 e. The maximum atomic E-state index is 5.83. The van der Waals surface area contributed by atoms with Crippen molar-refractivity contribution in [1.82, 2.24) is 15.0 Å². The number of rotatable bonds is 5. The molecule has 0 spiro atoms. The van der Waals surface area contributed by atoms with Crippen LogP contribution in [0.15, 0.2) is 28.8 Å². The minimum absolute atomic E-state index is 0.523. The summed E-state index contributed by atoms with van der Waals surface area (Å²) in [6, 6.07) is 8.86. The lowest BCUT2D eigenvalue weighted by Gasteiger charge is -2.35. The highest BCUT2D eigenvalue weighted by atomic mass is 35.5. The number of alkyl halides is 1. The topological polar surface area (TPSA) is 42.2 Å². The van der Waals surface area contributed by atoms with Crippen LogP contribution in [0.1, 0.15) is 49.9 Å². The van der Waals surface area contributed by atoms with Crippen molar-refractivity contribution in [2.24, 2.45) is 5.92 Å². The predicted molar refractivity (Wildman–Crippen MR) is 99.5 cm³/mol. The van der Waals surface area contributed by atoms with Crippen molar-refractivity contribution in [2.75, 3.05) is 13.1 Å². The molecule has 2 fully saturated rings. The fraction of sp³-hybridized carbons (Fsp3) is 0.600. The van der Waals surface area contributed by atoms with Gasteiger partial charge in [0.1, 0.15) is 0 Å². The van der Waals surface area contributed by atoms with Crippen molar-refractivity contribution in [3.8, 4) is 11.5 Å². The maximum Gasteiger partial charge on any atom is 0.257 e. The van der Waals surface area contributed by atoms with E-state index in [2.05, 4.69) is 15.0 Å². The van der Waals surface area contributed by atoms with Gasteiger partial charge < -0.3 is 9.42 Å². The summed E-state index contributed by atoms with van der Waals surface area (Å²) < 4.78 is 5.46. The second-order valence-electron chi connectivity index (χ2n) is 7.47. The van der Waals surface area contributed by atoms with Crippen LogP contribution in [0, 0.1) is 5.92 Å². The number of benzene rings is 1. The SMILES string of the molecule is ClCc1ccc(-c2nc(CC3CCN(C4CCCC4)CC3)no2)cc1. The number of hydrogen-bond acceptors (Lipinski definition) is 4. The lowest BCUT2D eigenvalue weighted by Crippen LogP contribution is -2.40. The van der Waals surface area contributed by atoms with Crippen molar-refractivity contribution in [3.63, 3.8) is 0 Å². The quantitative estimate of drug-likeness (QED) is 0.727. The monoisotopic (exact) mass is 359 g/mol. The van der Waals surface area contributed by atoms with E-state index in [1.54, 1.807) is 0 Å². The van der Waals surface area contributed by atoms with Crippen LogP contribution in [0.25, 0.3) is 11.5 Å². The molecule has 1 saturated heterocycles. The van der Waals surface area contributed by atoms with Crippen LogP contribution in [0.3, 0.4) is 0 Å². The van der Waals surface area contributed by atoms with Gasteiger partial charge in [-0.25, -0.2) is 0 Å². The van der Waals surface area contributed by atoms with Gasteiger partial charge in [0.2, 0.25) is 0 Å². The van der Waals surface area contributed by atoms with E-state index in [0.29, 0.717) is 17.7 Å². The highest BCUT2D eigenvalue weighted by Gasteiger charge is 2.27. The van der Waals surface area contributed by atoms with E-state index in [1.165, 1.54) is 51.6 Å². The summed E-state index contributed by atoms with van der Waals surface area (Å²) in [5.41, 5.74) is 2.06. The molecule has 1 aliphatic carbocycles. The van der Waals surface area contributed by atoms with E-state index < -0.39 is 0 Å². The first kappa shape index (κ1) is 17.0. The summed E-state index contributed by atoms with van der Waals surface area (Å²) in [7, 11) is 0. The third-order valence-electron chi connectivity index (χ3n) is 5.78. The van der Waals surface area contributed by atoms with Gasteiger partial charge in [0.25, 0.3) is 5.89 Å². The fourth-order valence-electron chi connectivity index (χ4n) is 4.24. The molecule has 1 aromatic carbocycles. The highest BCUT2D eigenvalue weighted by molar-refractivity contribution is 6.17. The number of nitrogens with zero attached hydrogens (tertiary/aromatic N) is 3. The normalized spacial score (nSPS) is 20.4. The molecule has 0 unspecified atom stereocenters. The number of likely N-dealkylation sites (tertiary alicyclic amines) is 1. The van der Waals surface area contributed by atoms with Gasteiger partial charge in [0.05, 0.1) is 0 Å². The van der Waals surface area contributed by atoms with Gasteiger partial charge in [-0.3, -0.25) is 0 Å². The Balaban J connectivity index is 1.32. The molecule has 25 heavy (non-hydrogen) atoms. The van der Waals surface area contributed by atoms with E-state index in [4.69, 9.17) is 16.1 Å². The van der Waals surface area contributed by atoms with Gasteiger partial charge in [-0.15, -0.1) is 11.6 Å². The second kappa shape index (κ2) is 7.88. The van der Waals surface area contributed by atoms with Crippen LogP contribution < -0.4 is 0 Å². The molecule has 134 valence electrons. The number of hydrogen-bond donors (Lipinski definition) is 0. The van der Waals surface area contributed by atoms with Gasteiger partial charge >= 0.3 is 0 Å². The maximum absolute atomic E-state index is 5.83. The third-order valence-corrected chi connectivity index (χ3v) is 6.09. The minimum atomic E-state index is 0.523. The van der Waals surface area contributed by atoms with Crippen LogP contribution in [-0.4, -0.2) is 34.2 Å². The first-order valence-corrected chi connectivity index (χ1v) is 10.1. The van der Waals surface area contributed by atoms with Gasteiger partial charge in [0.15, 0.2) is 5.82 Å². The lowest BCUT2D eigenvalue weighted by atomic mass is 9.92. The van der Waals surface area contributed by atoms with Gasteiger partial charge in [-0.05, 0) is 62.4 Å².